The normalized spacial score (nSPS) is 24.5. The summed E-state index contributed by atoms with van der Waals surface area (Å²) >= 11 is 3.55. The maximum Gasteiger partial charge on any atom is 0.0553 e. The molecule has 0 saturated carbocycles. The van der Waals surface area contributed by atoms with E-state index in [9.17, 15) is 0 Å². The van der Waals surface area contributed by atoms with Crippen molar-refractivity contribution in [1.29, 1.82) is 0 Å². The van der Waals surface area contributed by atoms with Crippen molar-refractivity contribution in [3.63, 3.8) is 0 Å². The molecule has 1 nitrogen and oxygen atoms in total. The molecule has 24 heavy (non-hydrogen) atoms. The Morgan fingerprint density at radius 1 is 0.917 bits per heavy atom. The summed E-state index contributed by atoms with van der Waals surface area (Å²) in [5, 5.41) is 6.56. The van der Waals surface area contributed by atoms with Gasteiger partial charge < -0.3 is 5.32 Å². The minimum atomic E-state index is 0.367. The largest absolute Gasteiger partial charge is 0.378 e. The van der Waals surface area contributed by atoms with Crippen LogP contribution in [-0.4, -0.2) is 0 Å². The Hall–Kier alpha value is -2.06. The van der Waals surface area contributed by atoms with E-state index in [-0.39, 0.29) is 0 Å². The van der Waals surface area contributed by atoms with Crippen molar-refractivity contribution in [2.45, 2.75) is 18.4 Å². The van der Waals surface area contributed by atoms with Gasteiger partial charge in [0.25, 0.3) is 0 Å². The quantitative estimate of drug-likeness (QED) is 0.483. The summed E-state index contributed by atoms with van der Waals surface area (Å²) in [6, 6.07) is 22.4. The van der Waals surface area contributed by atoms with Gasteiger partial charge in [0, 0.05) is 16.1 Å². The summed E-state index contributed by atoms with van der Waals surface area (Å²) in [6.07, 6.45) is 5.92. The van der Waals surface area contributed by atoms with Crippen LogP contribution in [0.15, 0.2) is 77.3 Å². The zero-order chi connectivity index (χ0) is 16.1. The number of hydrogen-bond acceptors (Lipinski definition) is 1. The highest BCUT2D eigenvalue weighted by Gasteiger charge is 2.38. The van der Waals surface area contributed by atoms with Gasteiger partial charge in [0.05, 0.1) is 6.04 Å². The number of benzene rings is 3. The van der Waals surface area contributed by atoms with Gasteiger partial charge >= 0.3 is 0 Å². The van der Waals surface area contributed by atoms with Crippen LogP contribution in [0.2, 0.25) is 0 Å². The number of allylic oxidation sites excluding steroid dienone is 2. The van der Waals surface area contributed by atoms with Crippen molar-refractivity contribution in [3.8, 4) is 0 Å². The van der Waals surface area contributed by atoms with Crippen molar-refractivity contribution in [2.75, 3.05) is 5.32 Å². The molecule has 118 valence electrons. The third-order valence-corrected chi connectivity index (χ3v) is 6.01. The number of hydrogen-bond donors (Lipinski definition) is 1. The molecular weight excluding hydrogens is 358 g/mol. The molecule has 0 radical (unpaired) electrons. The van der Waals surface area contributed by atoms with Crippen LogP contribution < -0.4 is 5.32 Å². The summed E-state index contributed by atoms with van der Waals surface area (Å²) < 4.78 is 1.13. The highest BCUT2D eigenvalue weighted by atomic mass is 79.9. The van der Waals surface area contributed by atoms with Crippen LogP contribution in [0, 0.1) is 5.92 Å². The van der Waals surface area contributed by atoms with Gasteiger partial charge in [-0.1, -0.05) is 70.5 Å². The van der Waals surface area contributed by atoms with E-state index in [1.165, 1.54) is 27.6 Å². The van der Waals surface area contributed by atoms with Gasteiger partial charge in [-0.3, -0.25) is 0 Å². The Kier molecular flexibility index (Phi) is 3.27. The van der Waals surface area contributed by atoms with Gasteiger partial charge in [-0.2, -0.15) is 0 Å². The first-order chi connectivity index (χ1) is 11.8. The molecule has 0 bridgehead atoms. The molecule has 0 saturated heterocycles. The van der Waals surface area contributed by atoms with Crippen molar-refractivity contribution in [3.05, 3.63) is 88.4 Å². The SMILES string of the molecule is Brc1ccc([C@@H]2Nc3ccc4ccccc4c3[C@@H]3C=CC[C@H]32)cc1. The molecule has 0 aromatic heterocycles. The zero-order valence-electron chi connectivity index (χ0n) is 13.2. The number of rotatable bonds is 1. The van der Waals surface area contributed by atoms with Crippen LogP contribution in [-0.2, 0) is 0 Å². The average Bonchev–Trinajstić information content (AvgIpc) is 3.11. The van der Waals surface area contributed by atoms with Crippen molar-refractivity contribution < 1.29 is 0 Å². The maximum atomic E-state index is 3.84. The molecule has 3 atom stereocenters. The lowest BCUT2D eigenvalue weighted by Gasteiger charge is -2.38. The molecular formula is C22H18BrN. The van der Waals surface area contributed by atoms with Gasteiger partial charge in [-0.05, 0) is 52.4 Å². The van der Waals surface area contributed by atoms with Gasteiger partial charge in [-0.25, -0.2) is 0 Å². The van der Waals surface area contributed by atoms with E-state index in [0.29, 0.717) is 17.9 Å². The second kappa shape index (κ2) is 5.49. The van der Waals surface area contributed by atoms with E-state index >= 15 is 0 Å². The number of anilines is 1. The lowest BCUT2D eigenvalue weighted by molar-refractivity contribution is 0.427. The van der Waals surface area contributed by atoms with Crippen LogP contribution in [0.1, 0.15) is 29.5 Å². The standard InChI is InChI=1S/C22H18BrN/c23-16-11-8-15(9-12-16)22-19-7-3-6-18(19)21-17-5-2-1-4-14(17)10-13-20(21)24-22/h1-6,8-13,18-19,22,24H,7H2/t18-,19-,22+/m1/s1. The molecule has 1 aliphatic carbocycles. The molecule has 1 heterocycles. The van der Waals surface area contributed by atoms with E-state index in [1.807, 2.05) is 0 Å². The van der Waals surface area contributed by atoms with Gasteiger partial charge in [0.1, 0.15) is 0 Å². The lowest BCUT2D eigenvalue weighted by atomic mass is 9.75. The first kappa shape index (κ1) is 14.3. The minimum absolute atomic E-state index is 0.367. The maximum absolute atomic E-state index is 3.84. The van der Waals surface area contributed by atoms with E-state index in [1.54, 1.807) is 0 Å². The zero-order valence-corrected chi connectivity index (χ0v) is 14.8. The fraction of sp³-hybridized carbons (Fsp3) is 0.182. The van der Waals surface area contributed by atoms with Gasteiger partial charge in [0.2, 0.25) is 0 Å². The minimum Gasteiger partial charge on any atom is -0.378 e. The molecule has 2 aliphatic rings. The van der Waals surface area contributed by atoms with Crippen molar-refractivity contribution >= 4 is 32.4 Å². The molecule has 3 aromatic carbocycles. The van der Waals surface area contributed by atoms with Gasteiger partial charge in [-0.15, -0.1) is 0 Å². The second-order valence-electron chi connectivity index (χ2n) is 6.77. The Labute approximate surface area is 150 Å². The van der Waals surface area contributed by atoms with Crippen LogP contribution in [0.3, 0.4) is 0 Å². The molecule has 0 amide bonds. The van der Waals surface area contributed by atoms with E-state index in [2.05, 4.69) is 94.1 Å². The van der Waals surface area contributed by atoms with Crippen LogP contribution in [0.5, 0.6) is 0 Å². The Bertz CT molecular complexity index is 942. The molecule has 0 unspecified atom stereocenters. The Balaban J connectivity index is 1.67. The first-order valence-electron chi connectivity index (χ1n) is 8.51. The summed E-state index contributed by atoms with van der Waals surface area (Å²) in [7, 11) is 0. The topological polar surface area (TPSA) is 12.0 Å². The second-order valence-corrected chi connectivity index (χ2v) is 7.69. The van der Waals surface area contributed by atoms with Crippen molar-refractivity contribution in [1.82, 2.24) is 0 Å². The van der Waals surface area contributed by atoms with Gasteiger partial charge in [0.15, 0.2) is 0 Å². The van der Waals surface area contributed by atoms with Crippen LogP contribution in [0.25, 0.3) is 10.8 Å². The lowest BCUT2D eigenvalue weighted by Crippen LogP contribution is -2.29. The van der Waals surface area contributed by atoms with Crippen LogP contribution >= 0.6 is 15.9 Å². The Morgan fingerprint density at radius 2 is 1.75 bits per heavy atom. The number of halogens is 1. The first-order valence-corrected chi connectivity index (χ1v) is 9.31. The molecule has 3 aromatic rings. The molecule has 5 rings (SSSR count). The monoisotopic (exact) mass is 375 g/mol. The fourth-order valence-electron chi connectivity index (χ4n) is 4.38. The molecule has 1 aliphatic heterocycles. The number of nitrogens with one attached hydrogen (secondary N) is 1. The highest BCUT2D eigenvalue weighted by Crippen LogP contribution is 2.51. The predicted octanol–water partition coefficient (Wildman–Crippen LogP) is 6.43. The fourth-order valence-corrected chi connectivity index (χ4v) is 4.65. The summed E-state index contributed by atoms with van der Waals surface area (Å²) in [5.74, 6) is 1.09. The third kappa shape index (κ3) is 2.13. The third-order valence-electron chi connectivity index (χ3n) is 5.49. The summed E-state index contributed by atoms with van der Waals surface area (Å²) in [5.41, 5.74) is 4.13. The van der Waals surface area contributed by atoms with Crippen LogP contribution in [0.4, 0.5) is 5.69 Å². The van der Waals surface area contributed by atoms with E-state index in [4.69, 9.17) is 0 Å². The molecule has 1 N–H and O–H groups in total. The summed E-state index contributed by atoms with van der Waals surface area (Å²) in [6.45, 7) is 0. The average molecular weight is 376 g/mol. The molecule has 2 heteroatoms. The predicted molar refractivity (Wildman–Crippen MR) is 104 cm³/mol. The summed E-state index contributed by atoms with van der Waals surface area (Å²) in [4.78, 5) is 0. The van der Waals surface area contributed by atoms with E-state index in [0.717, 1.165) is 10.9 Å². The smallest absolute Gasteiger partial charge is 0.0553 e. The molecule has 0 spiro atoms. The van der Waals surface area contributed by atoms with Crippen molar-refractivity contribution in [2.24, 2.45) is 5.92 Å². The molecule has 0 fully saturated rings. The van der Waals surface area contributed by atoms with E-state index < -0.39 is 0 Å². The Morgan fingerprint density at radius 3 is 2.62 bits per heavy atom. The number of fused-ring (bicyclic) bond motifs is 5. The highest BCUT2D eigenvalue weighted by molar-refractivity contribution is 9.10.